The van der Waals surface area contributed by atoms with E-state index in [2.05, 4.69) is 11.8 Å². The molecule has 2 aliphatic rings. The van der Waals surface area contributed by atoms with Crippen LogP contribution in [-0.2, 0) is 14.6 Å². The fourth-order valence-electron chi connectivity index (χ4n) is 2.79. The summed E-state index contributed by atoms with van der Waals surface area (Å²) in [6, 6.07) is 0. The van der Waals surface area contributed by atoms with Crippen molar-refractivity contribution >= 4 is 15.6 Å². The predicted molar refractivity (Wildman–Crippen MR) is 61.5 cm³/mol. The molecule has 2 aliphatic heterocycles. The first-order chi connectivity index (χ1) is 7.55. The molecule has 0 aromatic rings. The highest BCUT2D eigenvalue weighted by Crippen LogP contribution is 2.41. The molecule has 2 heterocycles. The molecule has 2 saturated heterocycles. The second-order valence-electron chi connectivity index (χ2n) is 4.65. The zero-order chi connectivity index (χ0) is 11.8. The third-order valence-electron chi connectivity index (χ3n) is 3.73. The van der Waals surface area contributed by atoms with Crippen molar-refractivity contribution in [2.45, 2.75) is 49.5 Å². The first-order valence-electron chi connectivity index (χ1n) is 5.70. The summed E-state index contributed by atoms with van der Waals surface area (Å²) in [4.78, 5) is 11.8. The van der Waals surface area contributed by atoms with Crippen LogP contribution in [0.5, 0.6) is 0 Å². The predicted octanol–water partition coefficient (Wildman–Crippen LogP) is 1.32. The van der Waals surface area contributed by atoms with Crippen LogP contribution in [0.15, 0.2) is 0 Å². The molecule has 88 valence electrons. The largest absolute Gasteiger partial charge is 0.298 e. The quantitative estimate of drug-likeness (QED) is 0.684. The van der Waals surface area contributed by atoms with Crippen LogP contribution in [0.3, 0.4) is 0 Å². The molecular formula is C12H16O3S. The molecule has 0 radical (unpaired) electrons. The van der Waals surface area contributed by atoms with Crippen LogP contribution in [0.1, 0.15) is 39.0 Å². The van der Waals surface area contributed by atoms with E-state index in [-0.39, 0.29) is 28.6 Å². The summed E-state index contributed by atoms with van der Waals surface area (Å²) in [5.41, 5.74) is 0. The number of Topliss-reactive ketones (excluding diaryl/α,β-unsaturated/α-hetero) is 1. The monoisotopic (exact) mass is 240 g/mol. The fourth-order valence-corrected chi connectivity index (χ4v) is 5.26. The highest BCUT2D eigenvalue weighted by molar-refractivity contribution is 7.93. The van der Waals surface area contributed by atoms with Gasteiger partial charge in [0.1, 0.15) is 5.78 Å². The summed E-state index contributed by atoms with van der Waals surface area (Å²) in [7, 11) is -2.90. The second-order valence-corrected chi connectivity index (χ2v) is 7.16. The molecule has 0 spiro atoms. The molecule has 3 nitrogen and oxygen atoms in total. The minimum absolute atomic E-state index is 0.0677. The van der Waals surface area contributed by atoms with E-state index in [0.29, 0.717) is 12.8 Å². The Morgan fingerprint density at radius 2 is 1.81 bits per heavy atom. The number of carbonyl (C=O) groups is 1. The van der Waals surface area contributed by atoms with Gasteiger partial charge in [-0.05, 0) is 32.6 Å². The number of rotatable bonds is 2. The van der Waals surface area contributed by atoms with Crippen LogP contribution >= 0.6 is 0 Å². The van der Waals surface area contributed by atoms with Gasteiger partial charge in [-0.25, -0.2) is 8.42 Å². The highest BCUT2D eigenvalue weighted by atomic mass is 32.2. The first kappa shape index (κ1) is 11.7. The van der Waals surface area contributed by atoms with Gasteiger partial charge in [-0.15, -0.1) is 5.92 Å². The van der Waals surface area contributed by atoms with E-state index in [0.717, 1.165) is 12.8 Å². The molecule has 0 aromatic carbocycles. The lowest BCUT2D eigenvalue weighted by atomic mass is 9.93. The van der Waals surface area contributed by atoms with Crippen molar-refractivity contribution < 1.29 is 13.2 Å². The summed E-state index contributed by atoms with van der Waals surface area (Å²) >= 11 is 0. The van der Waals surface area contributed by atoms with Gasteiger partial charge in [-0.1, -0.05) is 5.92 Å². The van der Waals surface area contributed by atoms with Gasteiger partial charge >= 0.3 is 0 Å². The van der Waals surface area contributed by atoms with E-state index in [1.807, 2.05) is 0 Å². The summed E-state index contributed by atoms with van der Waals surface area (Å²) < 4.78 is 23.6. The average molecular weight is 240 g/mol. The lowest BCUT2D eigenvalue weighted by molar-refractivity contribution is -0.122. The minimum atomic E-state index is -2.90. The Kier molecular flexibility index (Phi) is 3.07. The molecule has 0 aliphatic carbocycles. The van der Waals surface area contributed by atoms with Gasteiger partial charge in [0.2, 0.25) is 0 Å². The summed E-state index contributed by atoms with van der Waals surface area (Å²) in [6.07, 6.45) is 2.83. The van der Waals surface area contributed by atoms with Crippen molar-refractivity contribution in [3.8, 4) is 11.8 Å². The standard InChI is InChI=1S/C12H16O3S/c1-2-3-4-12(13)9-7-10-5-6-11(8-9)16(10,14)15/h9-11H,4-8H2,1H3. The smallest absolute Gasteiger partial charge is 0.156 e. The molecule has 0 saturated carbocycles. The number of carbonyl (C=O) groups excluding carboxylic acids is 1. The minimum Gasteiger partial charge on any atom is -0.298 e. The molecule has 2 fully saturated rings. The van der Waals surface area contributed by atoms with E-state index >= 15 is 0 Å². The zero-order valence-corrected chi connectivity index (χ0v) is 10.2. The lowest BCUT2D eigenvalue weighted by Crippen LogP contribution is -2.35. The van der Waals surface area contributed by atoms with E-state index in [1.54, 1.807) is 6.92 Å². The molecule has 0 N–H and O–H groups in total. The van der Waals surface area contributed by atoms with E-state index in [4.69, 9.17) is 0 Å². The van der Waals surface area contributed by atoms with Gasteiger partial charge in [-0.3, -0.25) is 4.79 Å². The zero-order valence-electron chi connectivity index (χ0n) is 9.40. The van der Waals surface area contributed by atoms with E-state index in [9.17, 15) is 13.2 Å². The fraction of sp³-hybridized carbons (Fsp3) is 0.750. The van der Waals surface area contributed by atoms with Crippen LogP contribution in [-0.4, -0.2) is 24.7 Å². The van der Waals surface area contributed by atoms with Crippen LogP contribution in [0.25, 0.3) is 0 Å². The topological polar surface area (TPSA) is 51.2 Å². The Balaban J connectivity index is 2.07. The molecule has 0 amide bonds. The van der Waals surface area contributed by atoms with Crippen LogP contribution in [0.2, 0.25) is 0 Å². The molecule has 4 heteroatoms. The van der Waals surface area contributed by atoms with Gasteiger partial charge < -0.3 is 0 Å². The van der Waals surface area contributed by atoms with Crippen molar-refractivity contribution in [1.29, 1.82) is 0 Å². The van der Waals surface area contributed by atoms with Gasteiger partial charge in [0, 0.05) is 5.92 Å². The van der Waals surface area contributed by atoms with Gasteiger partial charge in [0.25, 0.3) is 0 Å². The molecule has 2 unspecified atom stereocenters. The Bertz CT molecular complexity index is 432. The Morgan fingerprint density at radius 1 is 1.25 bits per heavy atom. The third-order valence-corrected chi connectivity index (χ3v) is 6.44. The molecule has 2 atom stereocenters. The van der Waals surface area contributed by atoms with Crippen LogP contribution in [0, 0.1) is 17.8 Å². The van der Waals surface area contributed by atoms with E-state index < -0.39 is 9.84 Å². The number of hydrogen-bond donors (Lipinski definition) is 0. The number of sulfone groups is 1. The summed E-state index contributed by atoms with van der Waals surface area (Å²) in [5, 5.41) is -0.510. The lowest BCUT2D eigenvalue weighted by Gasteiger charge is -2.26. The normalized spacial score (nSPS) is 35.2. The Labute approximate surface area is 96.5 Å². The van der Waals surface area contributed by atoms with E-state index in [1.165, 1.54) is 0 Å². The SMILES string of the molecule is CC#CCC(=O)C1CC2CCC(C1)S2(=O)=O. The van der Waals surface area contributed by atoms with Crippen LogP contribution < -0.4 is 0 Å². The maximum absolute atomic E-state index is 11.8. The van der Waals surface area contributed by atoms with Crippen molar-refractivity contribution in [2.24, 2.45) is 5.92 Å². The molecule has 2 rings (SSSR count). The maximum atomic E-state index is 11.8. The second kappa shape index (κ2) is 4.21. The highest BCUT2D eigenvalue weighted by Gasteiger charge is 2.48. The van der Waals surface area contributed by atoms with Gasteiger partial charge in [-0.2, -0.15) is 0 Å². The number of ketones is 1. The number of fused-ring (bicyclic) bond motifs is 2. The van der Waals surface area contributed by atoms with Crippen molar-refractivity contribution in [2.75, 3.05) is 0 Å². The molecule has 0 aromatic heterocycles. The summed E-state index contributed by atoms with van der Waals surface area (Å²) in [5.74, 6) is 5.53. The Morgan fingerprint density at radius 3 is 2.31 bits per heavy atom. The molecular weight excluding hydrogens is 224 g/mol. The first-order valence-corrected chi connectivity index (χ1v) is 7.31. The maximum Gasteiger partial charge on any atom is 0.156 e. The van der Waals surface area contributed by atoms with Gasteiger partial charge in [0.05, 0.1) is 16.9 Å². The average Bonchev–Trinajstić information content (AvgIpc) is 2.47. The molecule has 16 heavy (non-hydrogen) atoms. The van der Waals surface area contributed by atoms with Crippen molar-refractivity contribution in [3.63, 3.8) is 0 Å². The Hall–Kier alpha value is -0.820. The van der Waals surface area contributed by atoms with Gasteiger partial charge in [0.15, 0.2) is 9.84 Å². The van der Waals surface area contributed by atoms with Crippen molar-refractivity contribution in [3.05, 3.63) is 0 Å². The van der Waals surface area contributed by atoms with Crippen molar-refractivity contribution in [1.82, 2.24) is 0 Å². The molecule has 2 bridgehead atoms. The number of hydrogen-bond acceptors (Lipinski definition) is 3. The van der Waals surface area contributed by atoms with Crippen LogP contribution in [0.4, 0.5) is 0 Å². The summed E-state index contributed by atoms with van der Waals surface area (Å²) in [6.45, 7) is 1.71. The third kappa shape index (κ3) is 1.89.